The Morgan fingerprint density at radius 1 is 1.12 bits per heavy atom. The highest BCUT2D eigenvalue weighted by atomic mass is 35.5. The largest absolute Gasteiger partial charge is 0.354 e. The molecule has 2 heterocycles. The molecule has 3 amide bonds. The van der Waals surface area contributed by atoms with E-state index in [0.29, 0.717) is 34.3 Å². The van der Waals surface area contributed by atoms with Crippen LogP contribution in [0.15, 0.2) is 54.9 Å². The molecule has 1 aromatic heterocycles. The number of halogens is 1. The molecule has 2 aromatic carbocycles. The molecule has 2 N–H and O–H groups in total. The molecule has 1 saturated carbocycles. The van der Waals surface area contributed by atoms with E-state index in [1.165, 1.54) is 11.3 Å². The van der Waals surface area contributed by atoms with Crippen molar-refractivity contribution in [2.24, 2.45) is 5.92 Å². The molecule has 1 atom stereocenters. The number of amides is 3. The summed E-state index contributed by atoms with van der Waals surface area (Å²) in [7, 11) is 0. The van der Waals surface area contributed by atoms with Crippen molar-refractivity contribution >= 4 is 45.8 Å². The van der Waals surface area contributed by atoms with E-state index in [1.54, 1.807) is 30.6 Å². The molecular weight excluding hydrogens is 452 g/mol. The predicted molar refractivity (Wildman–Crippen MR) is 131 cm³/mol. The smallest absolute Gasteiger partial charge is 0.254 e. The number of aromatic nitrogens is 1. The first kappa shape index (κ1) is 22.3. The molecule has 34 heavy (non-hydrogen) atoms. The summed E-state index contributed by atoms with van der Waals surface area (Å²) >= 11 is 6.21. The Bertz CT molecular complexity index is 1270. The van der Waals surface area contributed by atoms with Gasteiger partial charge in [-0.1, -0.05) is 42.3 Å². The average molecular weight is 477 g/mol. The van der Waals surface area contributed by atoms with Gasteiger partial charge in [-0.25, -0.2) is 0 Å². The van der Waals surface area contributed by atoms with Crippen molar-refractivity contribution in [1.82, 2.24) is 15.2 Å². The quantitative estimate of drug-likeness (QED) is 0.563. The maximum atomic E-state index is 13.5. The van der Waals surface area contributed by atoms with Crippen LogP contribution in [0, 0.1) is 5.92 Å². The van der Waals surface area contributed by atoms with Gasteiger partial charge in [0.15, 0.2) is 0 Å². The molecule has 1 aliphatic carbocycles. The van der Waals surface area contributed by atoms with Gasteiger partial charge in [-0.15, -0.1) is 0 Å². The van der Waals surface area contributed by atoms with Gasteiger partial charge >= 0.3 is 0 Å². The number of carbonyl (C=O) groups is 3. The SMILES string of the molecule is O=C(CN1CC(C(=O)Nc2cncc3ccccc23)c2cc(Cl)ccc2C1=O)NCC1CCC1. The van der Waals surface area contributed by atoms with E-state index in [1.807, 2.05) is 24.3 Å². The third-order valence-corrected chi connectivity index (χ3v) is 6.93. The maximum Gasteiger partial charge on any atom is 0.254 e. The van der Waals surface area contributed by atoms with Crippen molar-refractivity contribution in [3.8, 4) is 0 Å². The lowest BCUT2D eigenvalue weighted by Gasteiger charge is -2.34. The third-order valence-electron chi connectivity index (χ3n) is 6.70. The number of carbonyl (C=O) groups excluding carboxylic acids is 3. The van der Waals surface area contributed by atoms with Gasteiger partial charge < -0.3 is 15.5 Å². The fourth-order valence-corrected chi connectivity index (χ4v) is 4.75. The van der Waals surface area contributed by atoms with E-state index < -0.39 is 5.92 Å². The minimum Gasteiger partial charge on any atom is -0.354 e. The topological polar surface area (TPSA) is 91.4 Å². The monoisotopic (exact) mass is 476 g/mol. The molecule has 0 bridgehead atoms. The van der Waals surface area contributed by atoms with Crippen molar-refractivity contribution in [2.75, 3.05) is 25.0 Å². The average Bonchev–Trinajstić information content (AvgIpc) is 2.80. The Morgan fingerprint density at radius 2 is 1.94 bits per heavy atom. The summed E-state index contributed by atoms with van der Waals surface area (Å²) in [4.78, 5) is 44.8. The Kier molecular flexibility index (Phi) is 6.20. The van der Waals surface area contributed by atoms with Crippen LogP contribution in [0.1, 0.15) is 41.1 Å². The fourth-order valence-electron chi connectivity index (χ4n) is 4.57. The van der Waals surface area contributed by atoms with E-state index in [-0.39, 0.29) is 30.8 Å². The number of rotatable bonds is 6. The third kappa shape index (κ3) is 4.48. The van der Waals surface area contributed by atoms with Crippen LogP contribution in [0.2, 0.25) is 5.02 Å². The second kappa shape index (κ2) is 9.43. The summed E-state index contributed by atoms with van der Waals surface area (Å²) in [6.45, 7) is 0.630. The van der Waals surface area contributed by atoms with Gasteiger partial charge in [0, 0.05) is 40.6 Å². The van der Waals surface area contributed by atoms with Crippen LogP contribution in [0.3, 0.4) is 0 Å². The Balaban J connectivity index is 1.38. The summed E-state index contributed by atoms with van der Waals surface area (Å²) in [5.74, 6) is -0.924. The zero-order valence-corrected chi connectivity index (χ0v) is 19.3. The molecule has 3 aromatic rings. The van der Waals surface area contributed by atoms with Crippen LogP contribution in [0.25, 0.3) is 10.8 Å². The minimum absolute atomic E-state index is 0.0901. The highest BCUT2D eigenvalue weighted by Crippen LogP contribution is 2.32. The molecule has 5 rings (SSSR count). The summed E-state index contributed by atoms with van der Waals surface area (Å²) in [6.07, 6.45) is 6.81. The first-order valence-electron chi connectivity index (χ1n) is 11.5. The first-order valence-corrected chi connectivity index (χ1v) is 11.9. The molecule has 1 aliphatic heterocycles. The van der Waals surface area contributed by atoms with E-state index in [2.05, 4.69) is 15.6 Å². The molecule has 7 nitrogen and oxygen atoms in total. The van der Waals surface area contributed by atoms with E-state index in [4.69, 9.17) is 11.6 Å². The number of hydrogen-bond acceptors (Lipinski definition) is 4. The van der Waals surface area contributed by atoms with Crippen LogP contribution in [0.4, 0.5) is 5.69 Å². The summed E-state index contributed by atoms with van der Waals surface area (Å²) in [6, 6.07) is 12.6. The number of pyridine rings is 1. The van der Waals surface area contributed by atoms with E-state index >= 15 is 0 Å². The number of fused-ring (bicyclic) bond motifs is 2. The summed E-state index contributed by atoms with van der Waals surface area (Å²) < 4.78 is 0. The van der Waals surface area contributed by atoms with Crippen molar-refractivity contribution in [1.29, 1.82) is 0 Å². The van der Waals surface area contributed by atoms with Crippen LogP contribution >= 0.6 is 11.6 Å². The highest BCUT2D eigenvalue weighted by molar-refractivity contribution is 6.30. The van der Waals surface area contributed by atoms with Crippen molar-refractivity contribution in [2.45, 2.75) is 25.2 Å². The lowest BCUT2D eigenvalue weighted by atomic mass is 9.85. The lowest BCUT2D eigenvalue weighted by Crippen LogP contribution is -2.48. The van der Waals surface area contributed by atoms with Gasteiger partial charge in [0.25, 0.3) is 5.91 Å². The summed E-state index contributed by atoms with van der Waals surface area (Å²) in [5.41, 5.74) is 1.54. The van der Waals surface area contributed by atoms with Crippen molar-refractivity contribution in [3.63, 3.8) is 0 Å². The highest BCUT2D eigenvalue weighted by Gasteiger charge is 2.36. The second-order valence-electron chi connectivity index (χ2n) is 8.97. The van der Waals surface area contributed by atoms with Crippen LogP contribution in [-0.4, -0.2) is 47.2 Å². The van der Waals surface area contributed by atoms with Gasteiger partial charge in [0.1, 0.15) is 0 Å². The predicted octanol–water partition coefficient (Wildman–Crippen LogP) is 3.98. The molecular formula is C26H25ClN4O3. The molecule has 2 aliphatic rings. The minimum atomic E-state index is -0.676. The van der Waals surface area contributed by atoms with Crippen molar-refractivity contribution in [3.05, 3.63) is 71.0 Å². The Hall–Kier alpha value is -3.45. The Morgan fingerprint density at radius 3 is 2.74 bits per heavy atom. The van der Waals surface area contributed by atoms with Gasteiger partial charge in [0.05, 0.1) is 24.3 Å². The van der Waals surface area contributed by atoms with Gasteiger partial charge in [-0.3, -0.25) is 19.4 Å². The Labute approximate surface area is 202 Å². The van der Waals surface area contributed by atoms with Gasteiger partial charge in [-0.05, 0) is 42.5 Å². The molecule has 1 fully saturated rings. The zero-order valence-electron chi connectivity index (χ0n) is 18.6. The number of nitrogens with zero attached hydrogens (tertiary/aromatic N) is 2. The fraction of sp³-hybridized carbons (Fsp3) is 0.308. The van der Waals surface area contributed by atoms with Gasteiger partial charge in [-0.2, -0.15) is 0 Å². The standard InChI is InChI=1S/C26H25ClN4O3/c27-18-8-9-20-21(10-18)22(14-31(26(20)34)15-24(32)29-11-16-4-3-5-16)25(33)30-23-13-28-12-17-6-1-2-7-19(17)23/h1-2,6-10,12-13,16,22H,3-5,11,14-15H2,(H,29,32)(H,30,33). The molecule has 8 heteroatoms. The molecule has 1 unspecified atom stereocenters. The summed E-state index contributed by atoms with van der Waals surface area (Å²) in [5, 5.41) is 8.13. The lowest BCUT2D eigenvalue weighted by molar-refractivity contribution is -0.123. The second-order valence-corrected chi connectivity index (χ2v) is 9.40. The molecule has 0 saturated heterocycles. The number of anilines is 1. The van der Waals surface area contributed by atoms with Crippen LogP contribution in [0.5, 0.6) is 0 Å². The van der Waals surface area contributed by atoms with Crippen LogP contribution in [-0.2, 0) is 9.59 Å². The van der Waals surface area contributed by atoms with E-state index in [0.717, 1.165) is 23.6 Å². The molecule has 0 radical (unpaired) electrons. The van der Waals surface area contributed by atoms with Gasteiger partial charge in [0.2, 0.25) is 11.8 Å². The number of hydrogen-bond donors (Lipinski definition) is 2. The maximum absolute atomic E-state index is 13.5. The normalized spacial score (nSPS) is 17.7. The number of nitrogens with one attached hydrogen (secondary N) is 2. The van der Waals surface area contributed by atoms with Crippen LogP contribution < -0.4 is 10.6 Å². The molecule has 174 valence electrons. The molecule has 0 spiro atoms. The zero-order chi connectivity index (χ0) is 23.7. The first-order chi connectivity index (χ1) is 16.5. The number of benzene rings is 2. The van der Waals surface area contributed by atoms with E-state index in [9.17, 15) is 14.4 Å². The van der Waals surface area contributed by atoms with Crippen molar-refractivity contribution < 1.29 is 14.4 Å².